The van der Waals surface area contributed by atoms with Gasteiger partial charge in [0.05, 0.1) is 17.2 Å². The Morgan fingerprint density at radius 3 is 2.50 bits per heavy atom. The molecule has 3 amide bonds. The van der Waals surface area contributed by atoms with Gasteiger partial charge < -0.3 is 9.64 Å². The second-order valence-corrected chi connectivity index (χ2v) is 8.64. The van der Waals surface area contributed by atoms with Gasteiger partial charge in [0, 0.05) is 5.38 Å². The third-order valence-corrected chi connectivity index (χ3v) is 4.96. The molecule has 1 aliphatic rings. The number of hydrogen-bond acceptors (Lipinski definition) is 6. The Morgan fingerprint density at radius 1 is 1.35 bits per heavy atom. The number of esters is 1. The summed E-state index contributed by atoms with van der Waals surface area (Å²) in [4.78, 5) is 44.7. The molecule has 26 heavy (non-hydrogen) atoms. The van der Waals surface area contributed by atoms with Crippen molar-refractivity contribution in [2.45, 2.75) is 66.2 Å². The van der Waals surface area contributed by atoms with Crippen LogP contribution in [0.1, 0.15) is 52.2 Å². The van der Waals surface area contributed by atoms with E-state index in [0.717, 1.165) is 16.3 Å². The number of imide groups is 1. The number of aryl methyl sites for hydroxylation is 1. The first-order valence-electron chi connectivity index (χ1n) is 8.80. The lowest BCUT2D eigenvalue weighted by atomic mass is 10.0. The van der Waals surface area contributed by atoms with Crippen LogP contribution in [0.25, 0.3) is 0 Å². The van der Waals surface area contributed by atoms with Crippen molar-refractivity contribution in [2.24, 2.45) is 5.92 Å². The molecule has 1 aromatic rings. The highest BCUT2D eigenvalue weighted by Crippen LogP contribution is 2.24. The minimum atomic E-state index is -0.794. The largest absolute Gasteiger partial charge is 0.458 e. The lowest BCUT2D eigenvalue weighted by molar-refractivity contribution is -0.161. The Hall–Kier alpha value is -1.96. The van der Waals surface area contributed by atoms with E-state index in [4.69, 9.17) is 4.74 Å². The molecule has 0 saturated carbocycles. The average Bonchev–Trinajstić information content (AvgIpc) is 3.06. The molecule has 2 heterocycles. The van der Waals surface area contributed by atoms with Crippen molar-refractivity contribution in [3.05, 3.63) is 16.1 Å². The molecule has 0 spiro atoms. The van der Waals surface area contributed by atoms with Crippen molar-refractivity contribution < 1.29 is 19.1 Å². The monoisotopic (exact) mass is 381 g/mol. The standard InChI is InChI=1S/C18H27N3O4S/c1-7-13-19-12(10-26-13)8-20-14(22)9-21(17(20)24)15(11(2)3)16(23)25-18(4,5)6/h10-11,15H,7-9H2,1-6H3/t15-/m0/s1. The third-order valence-electron chi connectivity index (χ3n) is 3.92. The fourth-order valence-corrected chi connectivity index (χ4v) is 3.54. The third kappa shape index (κ3) is 4.60. The van der Waals surface area contributed by atoms with Crippen LogP contribution >= 0.6 is 11.3 Å². The number of nitrogens with zero attached hydrogens (tertiary/aromatic N) is 3. The van der Waals surface area contributed by atoms with Crippen molar-refractivity contribution >= 4 is 29.2 Å². The number of amides is 3. The minimum absolute atomic E-state index is 0.119. The number of rotatable bonds is 6. The van der Waals surface area contributed by atoms with Crippen molar-refractivity contribution in [3.8, 4) is 0 Å². The first-order chi connectivity index (χ1) is 12.0. The van der Waals surface area contributed by atoms with Crippen LogP contribution in [-0.4, -0.2) is 50.9 Å². The van der Waals surface area contributed by atoms with E-state index in [0.29, 0.717) is 5.69 Å². The molecule has 2 rings (SSSR count). The van der Waals surface area contributed by atoms with Gasteiger partial charge in [-0.15, -0.1) is 11.3 Å². The van der Waals surface area contributed by atoms with Crippen molar-refractivity contribution in [3.63, 3.8) is 0 Å². The molecule has 0 unspecified atom stereocenters. The molecular formula is C18H27N3O4S. The predicted molar refractivity (Wildman–Crippen MR) is 98.6 cm³/mol. The number of carbonyl (C=O) groups is 3. The maximum Gasteiger partial charge on any atom is 0.329 e. The Labute approximate surface area is 158 Å². The normalized spacial score (nSPS) is 16.6. The highest BCUT2D eigenvalue weighted by molar-refractivity contribution is 7.09. The van der Waals surface area contributed by atoms with Gasteiger partial charge in [-0.2, -0.15) is 0 Å². The summed E-state index contributed by atoms with van der Waals surface area (Å²) in [5, 5.41) is 2.82. The molecule has 1 aromatic heterocycles. The number of aromatic nitrogens is 1. The molecule has 0 N–H and O–H groups in total. The summed E-state index contributed by atoms with van der Waals surface area (Å²) in [7, 11) is 0. The molecule has 0 radical (unpaired) electrons. The summed E-state index contributed by atoms with van der Waals surface area (Å²) in [5.41, 5.74) is 0.0298. The van der Waals surface area contributed by atoms with Crippen LogP contribution in [0.5, 0.6) is 0 Å². The van der Waals surface area contributed by atoms with Gasteiger partial charge in [0.1, 0.15) is 18.2 Å². The Morgan fingerprint density at radius 2 is 2.00 bits per heavy atom. The van der Waals surface area contributed by atoms with Gasteiger partial charge in [0.2, 0.25) is 0 Å². The summed E-state index contributed by atoms with van der Waals surface area (Å²) in [5.74, 6) is -0.986. The second-order valence-electron chi connectivity index (χ2n) is 7.70. The zero-order valence-electron chi connectivity index (χ0n) is 16.2. The van der Waals surface area contributed by atoms with E-state index in [-0.39, 0.29) is 24.9 Å². The molecule has 8 heteroatoms. The summed E-state index contributed by atoms with van der Waals surface area (Å²) in [6, 6.07) is -1.26. The minimum Gasteiger partial charge on any atom is -0.458 e. The van der Waals surface area contributed by atoms with Gasteiger partial charge in [-0.1, -0.05) is 20.8 Å². The molecule has 0 aliphatic carbocycles. The maximum absolute atomic E-state index is 12.8. The number of carbonyl (C=O) groups excluding carboxylic acids is 3. The van der Waals surface area contributed by atoms with Gasteiger partial charge in [-0.05, 0) is 33.1 Å². The zero-order chi connectivity index (χ0) is 19.6. The first kappa shape index (κ1) is 20.4. The second kappa shape index (κ2) is 7.73. The smallest absolute Gasteiger partial charge is 0.329 e. The van der Waals surface area contributed by atoms with Crippen LogP contribution < -0.4 is 0 Å². The molecule has 1 saturated heterocycles. The van der Waals surface area contributed by atoms with Crippen LogP contribution in [0.4, 0.5) is 4.79 Å². The Kier molecular flexibility index (Phi) is 6.05. The van der Waals surface area contributed by atoms with Gasteiger partial charge in [0.15, 0.2) is 0 Å². The SMILES string of the molecule is CCc1nc(CN2C(=O)CN([C@H](C(=O)OC(C)(C)C)C(C)C)C2=O)cs1. The zero-order valence-corrected chi connectivity index (χ0v) is 17.1. The van der Waals surface area contributed by atoms with Crippen molar-refractivity contribution in [1.82, 2.24) is 14.8 Å². The molecule has 7 nitrogen and oxygen atoms in total. The number of urea groups is 1. The van der Waals surface area contributed by atoms with Crippen molar-refractivity contribution in [2.75, 3.05) is 6.54 Å². The Balaban J connectivity index is 2.17. The van der Waals surface area contributed by atoms with Crippen molar-refractivity contribution in [1.29, 1.82) is 0 Å². The lowest BCUT2D eigenvalue weighted by Crippen LogP contribution is -2.49. The number of ether oxygens (including phenoxy) is 1. The van der Waals surface area contributed by atoms with E-state index >= 15 is 0 Å². The van der Waals surface area contributed by atoms with Gasteiger partial charge in [-0.3, -0.25) is 9.69 Å². The molecule has 0 bridgehead atoms. The first-order valence-corrected chi connectivity index (χ1v) is 9.68. The van der Waals surface area contributed by atoms with Gasteiger partial charge in [-0.25, -0.2) is 14.6 Å². The van der Waals surface area contributed by atoms with Crippen LogP contribution in [0.3, 0.4) is 0 Å². The fourth-order valence-electron chi connectivity index (χ4n) is 2.80. The molecule has 0 aromatic carbocycles. The van der Waals surface area contributed by atoms with Crippen LogP contribution in [0.15, 0.2) is 5.38 Å². The molecule has 1 aliphatic heterocycles. The molecular weight excluding hydrogens is 354 g/mol. The highest BCUT2D eigenvalue weighted by Gasteiger charge is 2.45. The predicted octanol–water partition coefficient (Wildman–Crippen LogP) is 2.84. The number of thiazole rings is 1. The van der Waals surface area contributed by atoms with E-state index in [1.165, 1.54) is 16.2 Å². The van der Waals surface area contributed by atoms with Gasteiger partial charge >= 0.3 is 12.0 Å². The van der Waals surface area contributed by atoms with E-state index in [2.05, 4.69) is 4.98 Å². The van der Waals surface area contributed by atoms with Gasteiger partial charge in [0.25, 0.3) is 5.91 Å². The quantitative estimate of drug-likeness (QED) is 0.559. The summed E-state index contributed by atoms with van der Waals surface area (Å²) in [6.45, 7) is 11.0. The topological polar surface area (TPSA) is 79.8 Å². The average molecular weight is 381 g/mol. The Bertz CT molecular complexity index is 693. The summed E-state index contributed by atoms with van der Waals surface area (Å²) < 4.78 is 5.46. The molecule has 1 atom stereocenters. The van der Waals surface area contributed by atoms with Crippen LogP contribution in [0, 0.1) is 5.92 Å². The van der Waals surface area contributed by atoms with E-state index in [1.807, 2.05) is 26.2 Å². The highest BCUT2D eigenvalue weighted by atomic mass is 32.1. The summed E-state index contributed by atoms with van der Waals surface area (Å²) >= 11 is 1.51. The lowest BCUT2D eigenvalue weighted by Gasteiger charge is -2.31. The van der Waals surface area contributed by atoms with Crippen LogP contribution in [-0.2, 0) is 27.3 Å². The molecule has 144 valence electrons. The maximum atomic E-state index is 12.8. The fraction of sp³-hybridized carbons (Fsp3) is 0.667. The van der Waals surface area contributed by atoms with E-state index in [1.54, 1.807) is 20.8 Å². The summed E-state index contributed by atoms with van der Waals surface area (Å²) in [6.07, 6.45) is 0.812. The van der Waals surface area contributed by atoms with E-state index in [9.17, 15) is 14.4 Å². The van der Waals surface area contributed by atoms with Crippen LogP contribution in [0.2, 0.25) is 0 Å². The molecule has 1 fully saturated rings. The number of hydrogen-bond donors (Lipinski definition) is 0. The van der Waals surface area contributed by atoms with E-state index < -0.39 is 23.6 Å².